The van der Waals surface area contributed by atoms with Gasteiger partial charge >= 0.3 is 0 Å². The number of β-amino-alcohol motifs (C(OH)–C–C–N with tert-alkyl or cyclic N) is 1. The summed E-state index contributed by atoms with van der Waals surface area (Å²) in [5, 5.41) is 9.43. The van der Waals surface area contributed by atoms with Crippen molar-refractivity contribution in [2.45, 2.75) is 38.7 Å². The van der Waals surface area contributed by atoms with E-state index in [-0.39, 0.29) is 6.10 Å². The second-order valence-electron chi connectivity index (χ2n) is 6.84. The molecule has 1 unspecified atom stereocenters. The van der Waals surface area contributed by atoms with E-state index in [0.29, 0.717) is 5.91 Å². The summed E-state index contributed by atoms with van der Waals surface area (Å²) in [7, 11) is 2.17. The summed E-state index contributed by atoms with van der Waals surface area (Å²) in [4.78, 5) is 18.3. The van der Waals surface area contributed by atoms with Crippen LogP contribution >= 0.6 is 0 Å². The van der Waals surface area contributed by atoms with Gasteiger partial charge in [0.1, 0.15) is 0 Å². The number of rotatable bonds is 7. The van der Waals surface area contributed by atoms with Crippen molar-refractivity contribution in [1.29, 1.82) is 0 Å². The predicted molar refractivity (Wildman–Crippen MR) is 84.2 cm³/mol. The second kappa shape index (κ2) is 8.11. The molecule has 0 aromatic carbocycles. The van der Waals surface area contributed by atoms with E-state index in [1.165, 1.54) is 12.8 Å². The van der Waals surface area contributed by atoms with Crippen LogP contribution < -0.4 is 0 Å². The van der Waals surface area contributed by atoms with Gasteiger partial charge in [0, 0.05) is 39.1 Å². The van der Waals surface area contributed by atoms with Crippen LogP contribution in [-0.4, -0.2) is 84.7 Å². The first kappa shape index (κ1) is 16.7. The van der Waals surface area contributed by atoms with E-state index < -0.39 is 0 Å². The Balaban J connectivity index is 1.60. The lowest BCUT2D eigenvalue weighted by Gasteiger charge is -2.34. The molecule has 2 fully saturated rings. The number of aliphatic hydroxyl groups excluding tert-OH is 1. The number of carbonyl (C=O) groups is 1. The molecule has 5 heteroatoms. The lowest BCUT2D eigenvalue weighted by molar-refractivity contribution is -0.127. The van der Waals surface area contributed by atoms with E-state index in [4.69, 9.17) is 0 Å². The van der Waals surface area contributed by atoms with Crippen LogP contribution in [0.25, 0.3) is 0 Å². The van der Waals surface area contributed by atoms with Crippen LogP contribution in [0.4, 0.5) is 0 Å². The highest BCUT2D eigenvalue weighted by atomic mass is 16.3. The molecule has 5 nitrogen and oxygen atoms in total. The van der Waals surface area contributed by atoms with Gasteiger partial charge in [-0.1, -0.05) is 0 Å². The number of carbonyl (C=O) groups excluding carboxylic acids is 1. The maximum absolute atomic E-state index is 11.6. The lowest BCUT2D eigenvalue weighted by Crippen LogP contribution is -2.42. The van der Waals surface area contributed by atoms with E-state index >= 15 is 0 Å². The molecular formula is C16H31N3O2. The highest BCUT2D eigenvalue weighted by Crippen LogP contribution is 2.18. The molecule has 0 aromatic heterocycles. The molecule has 2 aliphatic heterocycles. The summed E-state index contributed by atoms with van der Waals surface area (Å²) < 4.78 is 0. The van der Waals surface area contributed by atoms with Gasteiger partial charge in [-0.15, -0.1) is 0 Å². The number of hydrogen-bond donors (Lipinski definition) is 1. The third-order valence-electron chi connectivity index (χ3n) is 4.72. The average Bonchev–Trinajstić information content (AvgIpc) is 2.84. The van der Waals surface area contributed by atoms with Crippen LogP contribution in [0.2, 0.25) is 0 Å². The average molecular weight is 297 g/mol. The van der Waals surface area contributed by atoms with E-state index in [2.05, 4.69) is 16.8 Å². The zero-order valence-corrected chi connectivity index (χ0v) is 13.6. The molecular weight excluding hydrogens is 266 g/mol. The van der Waals surface area contributed by atoms with Crippen LogP contribution in [0.1, 0.15) is 32.6 Å². The fourth-order valence-corrected chi connectivity index (χ4v) is 3.49. The van der Waals surface area contributed by atoms with Crippen LogP contribution in [-0.2, 0) is 4.79 Å². The summed E-state index contributed by atoms with van der Waals surface area (Å²) in [6.07, 6.45) is 4.00. The molecule has 0 aliphatic carbocycles. The lowest BCUT2D eigenvalue weighted by atomic mass is 9.96. The van der Waals surface area contributed by atoms with Crippen molar-refractivity contribution in [1.82, 2.24) is 14.7 Å². The molecule has 122 valence electrons. The Hall–Kier alpha value is -0.650. The highest BCUT2D eigenvalue weighted by molar-refractivity contribution is 5.78. The Morgan fingerprint density at radius 2 is 2.05 bits per heavy atom. The third-order valence-corrected chi connectivity index (χ3v) is 4.72. The Morgan fingerprint density at radius 3 is 2.62 bits per heavy atom. The van der Waals surface area contributed by atoms with Crippen molar-refractivity contribution < 1.29 is 9.90 Å². The van der Waals surface area contributed by atoms with Gasteiger partial charge in [0.2, 0.25) is 5.91 Å². The van der Waals surface area contributed by atoms with Gasteiger partial charge in [0.05, 0.1) is 6.10 Å². The predicted octanol–water partition coefficient (Wildman–Crippen LogP) is 0.633. The molecule has 0 bridgehead atoms. The van der Waals surface area contributed by atoms with Crippen molar-refractivity contribution in [3.63, 3.8) is 0 Å². The minimum absolute atomic E-state index is 0.220. The van der Waals surface area contributed by atoms with Gasteiger partial charge < -0.3 is 19.8 Å². The number of likely N-dealkylation sites (N-methyl/N-ethyl adjacent to an activating group) is 1. The van der Waals surface area contributed by atoms with Crippen molar-refractivity contribution >= 4 is 5.91 Å². The normalized spacial score (nSPS) is 23.2. The topological polar surface area (TPSA) is 47.0 Å². The minimum Gasteiger partial charge on any atom is -0.392 e. The monoisotopic (exact) mass is 297 g/mol. The standard InChI is InChI=1S/C16H31N3O2/c1-14(20)12-18-8-5-15(6-9-18)13-17(2)10-11-19-7-3-4-16(19)21/h14-15,20H,3-13H2,1-2H3. The van der Waals surface area contributed by atoms with Gasteiger partial charge in [-0.3, -0.25) is 4.79 Å². The zero-order valence-electron chi connectivity index (χ0n) is 13.6. The molecule has 2 aliphatic rings. The quantitative estimate of drug-likeness (QED) is 0.749. The van der Waals surface area contributed by atoms with Crippen LogP contribution in [0.3, 0.4) is 0 Å². The van der Waals surface area contributed by atoms with Gasteiger partial charge in [-0.2, -0.15) is 0 Å². The van der Waals surface area contributed by atoms with Crippen molar-refractivity contribution in [3.8, 4) is 0 Å². The molecule has 0 radical (unpaired) electrons. The Morgan fingerprint density at radius 1 is 1.33 bits per heavy atom. The molecule has 1 N–H and O–H groups in total. The Kier molecular flexibility index (Phi) is 6.45. The van der Waals surface area contributed by atoms with Gasteiger partial charge in [-0.05, 0) is 52.2 Å². The van der Waals surface area contributed by atoms with Crippen LogP contribution in [0.5, 0.6) is 0 Å². The van der Waals surface area contributed by atoms with Crippen LogP contribution in [0.15, 0.2) is 0 Å². The third kappa shape index (κ3) is 5.57. The van der Waals surface area contributed by atoms with Gasteiger partial charge in [0.25, 0.3) is 0 Å². The largest absolute Gasteiger partial charge is 0.392 e. The van der Waals surface area contributed by atoms with Crippen LogP contribution in [0, 0.1) is 5.92 Å². The summed E-state index contributed by atoms with van der Waals surface area (Å²) in [6.45, 7) is 8.83. The summed E-state index contributed by atoms with van der Waals surface area (Å²) >= 11 is 0. The number of nitrogens with zero attached hydrogens (tertiary/aromatic N) is 3. The molecule has 0 saturated carbocycles. The van der Waals surface area contributed by atoms with Crippen molar-refractivity contribution in [3.05, 3.63) is 0 Å². The highest BCUT2D eigenvalue weighted by Gasteiger charge is 2.23. The number of likely N-dealkylation sites (tertiary alicyclic amines) is 2. The van der Waals surface area contributed by atoms with E-state index in [9.17, 15) is 9.90 Å². The molecule has 0 aromatic rings. The first-order valence-electron chi connectivity index (χ1n) is 8.41. The Labute approximate surface area is 128 Å². The van der Waals surface area contributed by atoms with E-state index in [0.717, 1.165) is 64.6 Å². The number of amides is 1. The minimum atomic E-state index is -0.220. The summed E-state index contributed by atoms with van der Waals surface area (Å²) in [5.74, 6) is 1.09. The maximum Gasteiger partial charge on any atom is 0.222 e. The first-order valence-corrected chi connectivity index (χ1v) is 8.41. The van der Waals surface area contributed by atoms with Gasteiger partial charge in [0.15, 0.2) is 0 Å². The second-order valence-corrected chi connectivity index (χ2v) is 6.84. The number of hydrogen-bond acceptors (Lipinski definition) is 4. The fraction of sp³-hybridized carbons (Fsp3) is 0.938. The SMILES string of the molecule is CC(O)CN1CCC(CN(C)CCN2CCCC2=O)CC1. The summed E-state index contributed by atoms with van der Waals surface area (Å²) in [6, 6.07) is 0. The molecule has 21 heavy (non-hydrogen) atoms. The number of aliphatic hydroxyl groups is 1. The fourth-order valence-electron chi connectivity index (χ4n) is 3.49. The van der Waals surface area contributed by atoms with Gasteiger partial charge in [-0.25, -0.2) is 0 Å². The van der Waals surface area contributed by atoms with E-state index in [1.807, 2.05) is 11.8 Å². The zero-order chi connectivity index (χ0) is 15.2. The first-order chi connectivity index (χ1) is 10.0. The molecule has 2 heterocycles. The molecule has 2 rings (SSSR count). The Bertz CT molecular complexity index is 327. The maximum atomic E-state index is 11.6. The smallest absolute Gasteiger partial charge is 0.222 e. The molecule has 0 spiro atoms. The van der Waals surface area contributed by atoms with Crippen molar-refractivity contribution in [2.24, 2.45) is 5.92 Å². The van der Waals surface area contributed by atoms with E-state index in [1.54, 1.807) is 0 Å². The molecule has 1 amide bonds. The van der Waals surface area contributed by atoms with Crippen molar-refractivity contribution in [2.75, 3.05) is 52.9 Å². The molecule has 1 atom stereocenters. The molecule has 2 saturated heterocycles. The number of piperidine rings is 1. The summed E-state index contributed by atoms with van der Waals surface area (Å²) in [5.41, 5.74) is 0.